The first-order chi connectivity index (χ1) is 13.0. The number of nitrogens with zero attached hydrogens (tertiary/aromatic N) is 2. The zero-order chi connectivity index (χ0) is 19.8. The quantitative estimate of drug-likeness (QED) is 0.353. The van der Waals surface area contributed by atoms with Gasteiger partial charge in [0.1, 0.15) is 11.5 Å². The molecule has 0 spiro atoms. The molecule has 144 valence electrons. The Morgan fingerprint density at radius 3 is 2.44 bits per heavy atom. The van der Waals surface area contributed by atoms with Crippen molar-refractivity contribution < 1.29 is 14.3 Å². The van der Waals surface area contributed by atoms with Gasteiger partial charge in [-0.25, -0.2) is 5.43 Å². The van der Waals surface area contributed by atoms with Crippen LogP contribution in [0.4, 0.5) is 5.69 Å². The monoisotopic (exact) mass is 481 g/mol. The Labute approximate surface area is 173 Å². The first-order valence-electron chi connectivity index (χ1n) is 8.63. The van der Waals surface area contributed by atoms with E-state index in [1.807, 2.05) is 24.3 Å². The number of benzene rings is 2. The highest BCUT2D eigenvalue weighted by Crippen LogP contribution is 2.25. The maximum absolute atomic E-state index is 12.3. The number of ether oxygens (including phenoxy) is 2. The Morgan fingerprint density at radius 2 is 1.81 bits per heavy atom. The van der Waals surface area contributed by atoms with E-state index < -0.39 is 0 Å². The van der Waals surface area contributed by atoms with Crippen LogP contribution in [0.25, 0.3) is 0 Å². The van der Waals surface area contributed by atoms with Crippen LogP contribution in [0.5, 0.6) is 11.5 Å². The molecule has 2 aromatic carbocycles. The van der Waals surface area contributed by atoms with Crippen LogP contribution in [-0.2, 0) is 0 Å². The van der Waals surface area contributed by atoms with Gasteiger partial charge in [-0.3, -0.25) is 4.79 Å². The molecule has 0 heterocycles. The van der Waals surface area contributed by atoms with E-state index in [0.717, 1.165) is 27.9 Å². The molecule has 1 N–H and O–H groups in total. The predicted octanol–water partition coefficient (Wildman–Crippen LogP) is 3.92. The third-order valence-electron chi connectivity index (χ3n) is 4.13. The highest BCUT2D eigenvalue weighted by molar-refractivity contribution is 14.1. The van der Waals surface area contributed by atoms with Gasteiger partial charge < -0.3 is 14.4 Å². The Bertz CT molecular complexity index is 820. The summed E-state index contributed by atoms with van der Waals surface area (Å²) in [5.74, 6) is 1.05. The molecule has 0 aliphatic carbocycles. The molecule has 27 heavy (non-hydrogen) atoms. The van der Waals surface area contributed by atoms with Crippen LogP contribution in [0.15, 0.2) is 41.5 Å². The Morgan fingerprint density at radius 1 is 1.11 bits per heavy atom. The fourth-order valence-electron chi connectivity index (χ4n) is 2.62. The van der Waals surface area contributed by atoms with E-state index >= 15 is 0 Å². The standard InChI is InChI=1S/C20H24IN3O3/c1-5-24(6-2)16-9-7-15(18(12-16)26-3)13-22-23-20(25)14-8-10-17(21)19(11-14)27-4/h7-13H,5-6H2,1-4H3,(H,23,25)/b22-13-. The average Bonchev–Trinajstić information content (AvgIpc) is 2.69. The van der Waals surface area contributed by atoms with Crippen molar-refractivity contribution in [2.75, 3.05) is 32.2 Å². The number of nitrogens with one attached hydrogen (secondary N) is 1. The second-order valence-electron chi connectivity index (χ2n) is 5.65. The number of carbonyl (C=O) groups excluding carboxylic acids is 1. The molecule has 0 saturated carbocycles. The molecule has 0 radical (unpaired) electrons. The van der Waals surface area contributed by atoms with Crippen LogP contribution >= 0.6 is 22.6 Å². The molecule has 2 rings (SSSR count). The number of hydrogen-bond donors (Lipinski definition) is 1. The maximum Gasteiger partial charge on any atom is 0.271 e. The molecule has 0 aliphatic rings. The van der Waals surface area contributed by atoms with Crippen molar-refractivity contribution in [1.82, 2.24) is 5.43 Å². The molecule has 0 fully saturated rings. The fourth-order valence-corrected chi connectivity index (χ4v) is 3.17. The van der Waals surface area contributed by atoms with Gasteiger partial charge in [0.15, 0.2) is 0 Å². The van der Waals surface area contributed by atoms with Gasteiger partial charge in [-0.2, -0.15) is 5.10 Å². The van der Waals surface area contributed by atoms with Crippen molar-refractivity contribution in [2.24, 2.45) is 5.10 Å². The third kappa shape index (κ3) is 5.35. The number of hydrogen-bond acceptors (Lipinski definition) is 5. The second-order valence-corrected chi connectivity index (χ2v) is 6.81. The molecule has 0 unspecified atom stereocenters. The van der Waals surface area contributed by atoms with Crippen LogP contribution in [0.3, 0.4) is 0 Å². The molecule has 0 bridgehead atoms. The normalized spacial score (nSPS) is 10.7. The number of hydrazone groups is 1. The molecular formula is C20H24IN3O3. The molecule has 0 saturated heterocycles. The van der Waals surface area contributed by atoms with Gasteiger partial charge >= 0.3 is 0 Å². The number of anilines is 1. The molecule has 6 nitrogen and oxygen atoms in total. The lowest BCUT2D eigenvalue weighted by atomic mass is 10.2. The van der Waals surface area contributed by atoms with E-state index in [1.165, 1.54) is 0 Å². The third-order valence-corrected chi connectivity index (χ3v) is 5.02. The van der Waals surface area contributed by atoms with Gasteiger partial charge in [-0.15, -0.1) is 0 Å². The summed E-state index contributed by atoms with van der Waals surface area (Å²) in [6.45, 7) is 6.06. The molecule has 0 atom stereocenters. The molecule has 7 heteroatoms. The Kier molecular flexibility index (Phi) is 7.90. The van der Waals surface area contributed by atoms with Crippen molar-refractivity contribution in [2.45, 2.75) is 13.8 Å². The van der Waals surface area contributed by atoms with Gasteiger partial charge in [0, 0.05) is 36.0 Å². The zero-order valence-corrected chi connectivity index (χ0v) is 18.1. The summed E-state index contributed by atoms with van der Waals surface area (Å²) in [6.07, 6.45) is 1.58. The fraction of sp³-hybridized carbons (Fsp3) is 0.300. The smallest absolute Gasteiger partial charge is 0.271 e. The van der Waals surface area contributed by atoms with Crippen molar-refractivity contribution in [3.05, 3.63) is 51.1 Å². The minimum absolute atomic E-state index is 0.306. The highest BCUT2D eigenvalue weighted by Gasteiger charge is 2.09. The summed E-state index contributed by atoms with van der Waals surface area (Å²) >= 11 is 2.15. The predicted molar refractivity (Wildman–Crippen MR) is 117 cm³/mol. The molecular weight excluding hydrogens is 457 g/mol. The summed E-state index contributed by atoms with van der Waals surface area (Å²) in [7, 11) is 3.20. The van der Waals surface area contributed by atoms with Crippen molar-refractivity contribution in [3.63, 3.8) is 0 Å². The Balaban J connectivity index is 2.12. The topological polar surface area (TPSA) is 63.2 Å². The lowest BCUT2D eigenvalue weighted by Gasteiger charge is -2.21. The van der Waals surface area contributed by atoms with Gasteiger partial charge in [0.05, 0.1) is 24.0 Å². The minimum Gasteiger partial charge on any atom is -0.496 e. The van der Waals surface area contributed by atoms with E-state index in [4.69, 9.17) is 9.47 Å². The number of halogens is 1. The van der Waals surface area contributed by atoms with Gasteiger partial charge in [-0.1, -0.05) is 0 Å². The van der Waals surface area contributed by atoms with Gasteiger partial charge in [0.2, 0.25) is 0 Å². The second kappa shape index (κ2) is 10.1. The lowest BCUT2D eigenvalue weighted by Crippen LogP contribution is -2.21. The minimum atomic E-state index is -0.306. The summed E-state index contributed by atoms with van der Waals surface area (Å²) in [5, 5.41) is 4.06. The molecule has 1 amide bonds. The lowest BCUT2D eigenvalue weighted by molar-refractivity contribution is 0.0954. The number of methoxy groups -OCH3 is 2. The zero-order valence-electron chi connectivity index (χ0n) is 16.0. The van der Waals surface area contributed by atoms with E-state index in [-0.39, 0.29) is 5.91 Å². The largest absolute Gasteiger partial charge is 0.496 e. The highest BCUT2D eigenvalue weighted by atomic mass is 127. The summed E-state index contributed by atoms with van der Waals surface area (Å²) in [5.41, 5.74) is 4.89. The van der Waals surface area contributed by atoms with Crippen LogP contribution in [0, 0.1) is 3.57 Å². The van der Waals surface area contributed by atoms with E-state index in [2.05, 4.69) is 51.9 Å². The number of carbonyl (C=O) groups is 1. The summed E-state index contributed by atoms with van der Waals surface area (Å²) < 4.78 is 11.6. The van der Waals surface area contributed by atoms with Gasteiger partial charge in [0.25, 0.3) is 5.91 Å². The first-order valence-corrected chi connectivity index (χ1v) is 9.71. The number of amides is 1. The van der Waals surface area contributed by atoms with Crippen LogP contribution in [-0.4, -0.2) is 39.4 Å². The van der Waals surface area contributed by atoms with Crippen molar-refractivity contribution in [1.29, 1.82) is 0 Å². The van der Waals surface area contributed by atoms with Crippen LogP contribution < -0.4 is 19.8 Å². The first kappa shape index (κ1) is 21.0. The van der Waals surface area contributed by atoms with E-state index in [1.54, 1.807) is 32.6 Å². The summed E-state index contributed by atoms with van der Waals surface area (Å²) in [4.78, 5) is 14.5. The van der Waals surface area contributed by atoms with Crippen LogP contribution in [0.1, 0.15) is 29.8 Å². The Hall–Kier alpha value is -2.29. The SMILES string of the molecule is CCN(CC)c1ccc(/C=N\NC(=O)c2ccc(I)c(OC)c2)c(OC)c1. The van der Waals surface area contributed by atoms with Crippen molar-refractivity contribution in [3.8, 4) is 11.5 Å². The van der Waals surface area contributed by atoms with Crippen LogP contribution in [0.2, 0.25) is 0 Å². The van der Waals surface area contributed by atoms with Gasteiger partial charge in [-0.05, 0) is 66.8 Å². The summed E-state index contributed by atoms with van der Waals surface area (Å²) in [6, 6.07) is 11.2. The number of rotatable bonds is 8. The average molecular weight is 481 g/mol. The molecule has 0 aliphatic heterocycles. The maximum atomic E-state index is 12.3. The molecule has 2 aromatic rings. The van der Waals surface area contributed by atoms with E-state index in [9.17, 15) is 4.79 Å². The molecule has 0 aromatic heterocycles. The van der Waals surface area contributed by atoms with E-state index in [0.29, 0.717) is 17.1 Å². The van der Waals surface area contributed by atoms with Crippen molar-refractivity contribution >= 4 is 40.4 Å².